The van der Waals surface area contributed by atoms with Gasteiger partial charge in [0.15, 0.2) is 0 Å². The van der Waals surface area contributed by atoms with Gasteiger partial charge in [-0.3, -0.25) is 4.57 Å². The lowest BCUT2D eigenvalue weighted by Gasteiger charge is -2.30. The first-order valence-corrected chi connectivity index (χ1v) is 6.74. The van der Waals surface area contributed by atoms with Crippen LogP contribution >= 0.6 is 0 Å². The van der Waals surface area contributed by atoms with Crippen LogP contribution in [-0.4, -0.2) is 41.9 Å². The Kier molecular flexibility index (Phi) is 4.51. The highest BCUT2D eigenvalue weighted by Gasteiger charge is 2.57. The Bertz CT molecular complexity index is 741. The fourth-order valence-electron chi connectivity index (χ4n) is 2.26. The number of anilines is 1. The van der Waals surface area contributed by atoms with Crippen LogP contribution in [0, 0.1) is 10.1 Å². The molecule has 0 spiro atoms. The highest BCUT2D eigenvalue weighted by molar-refractivity contribution is 5.51. The van der Waals surface area contributed by atoms with Gasteiger partial charge in [-0.2, -0.15) is 13.2 Å². The van der Waals surface area contributed by atoms with Crippen molar-refractivity contribution in [3.05, 3.63) is 34.7 Å². The van der Waals surface area contributed by atoms with Crippen LogP contribution in [-0.2, 0) is 19.7 Å². The Morgan fingerprint density at radius 3 is 2.50 bits per heavy atom. The Labute approximate surface area is 133 Å². The summed E-state index contributed by atoms with van der Waals surface area (Å²) in [4.78, 5) is 17.2. The summed E-state index contributed by atoms with van der Waals surface area (Å²) < 4.78 is 42.4. The lowest BCUT2D eigenvalue weighted by atomic mass is 9.97. The highest BCUT2D eigenvalue weighted by atomic mass is 19.4. The number of nitrogens with zero attached hydrogens (tertiary/aromatic N) is 5. The van der Waals surface area contributed by atoms with E-state index in [-0.39, 0.29) is 12.4 Å². The van der Waals surface area contributed by atoms with Gasteiger partial charge in [0.25, 0.3) is 0 Å². The van der Waals surface area contributed by atoms with Gasteiger partial charge in [0.05, 0.1) is 0 Å². The molecule has 0 amide bonds. The number of aromatic nitrogens is 4. The van der Waals surface area contributed by atoms with E-state index in [9.17, 15) is 28.4 Å². The lowest BCUT2D eigenvalue weighted by molar-refractivity contribution is -0.388. The quantitative estimate of drug-likeness (QED) is 0.601. The van der Waals surface area contributed by atoms with Crippen LogP contribution in [0.3, 0.4) is 0 Å². The number of imidazole rings is 2. The van der Waals surface area contributed by atoms with Crippen molar-refractivity contribution in [2.24, 2.45) is 14.1 Å². The Morgan fingerprint density at radius 1 is 1.33 bits per heavy atom. The third kappa shape index (κ3) is 3.04. The normalized spacial score (nSPS) is 14.4. The fourth-order valence-corrected chi connectivity index (χ4v) is 2.26. The Balaban J connectivity index is 2.21. The molecular weight excluding hydrogens is 333 g/mol. The minimum Gasteiger partial charge on any atom is -0.374 e. The second-order valence-corrected chi connectivity index (χ2v) is 5.18. The first-order chi connectivity index (χ1) is 11.1. The number of nitro groups is 1. The number of halogens is 3. The van der Waals surface area contributed by atoms with Crippen LogP contribution in [0.1, 0.15) is 12.2 Å². The molecule has 2 aromatic heterocycles. The van der Waals surface area contributed by atoms with Gasteiger partial charge < -0.3 is 25.1 Å². The molecule has 24 heavy (non-hydrogen) atoms. The van der Waals surface area contributed by atoms with Crippen LogP contribution in [0.2, 0.25) is 0 Å². The topological polar surface area (TPSA) is 111 Å². The average molecular weight is 348 g/mol. The molecule has 0 aliphatic rings. The van der Waals surface area contributed by atoms with Crippen molar-refractivity contribution < 1.29 is 23.2 Å². The molecule has 2 heterocycles. The maximum atomic E-state index is 13.3. The molecule has 0 radical (unpaired) electrons. The van der Waals surface area contributed by atoms with Crippen LogP contribution < -0.4 is 5.32 Å². The van der Waals surface area contributed by atoms with Crippen molar-refractivity contribution in [1.82, 2.24) is 19.1 Å². The molecule has 0 aliphatic heterocycles. The largest absolute Gasteiger partial charge is 0.424 e. The summed E-state index contributed by atoms with van der Waals surface area (Å²) in [6.45, 7) is -0.386. The predicted molar refractivity (Wildman–Crippen MR) is 76.1 cm³/mol. The summed E-state index contributed by atoms with van der Waals surface area (Å²) in [5.41, 5.74) is -3.19. The van der Waals surface area contributed by atoms with E-state index in [1.165, 1.54) is 24.9 Å². The van der Waals surface area contributed by atoms with E-state index in [2.05, 4.69) is 15.3 Å². The van der Waals surface area contributed by atoms with E-state index in [1.54, 1.807) is 0 Å². The fraction of sp³-hybridized carbons (Fsp3) is 0.500. The smallest absolute Gasteiger partial charge is 0.374 e. The first-order valence-electron chi connectivity index (χ1n) is 6.74. The van der Waals surface area contributed by atoms with Gasteiger partial charge in [-0.05, 0) is 9.91 Å². The number of hydrogen-bond donors (Lipinski definition) is 2. The van der Waals surface area contributed by atoms with Gasteiger partial charge in [-0.1, -0.05) is 0 Å². The van der Waals surface area contributed by atoms with E-state index in [0.717, 1.165) is 17.1 Å². The van der Waals surface area contributed by atoms with Gasteiger partial charge in [0.2, 0.25) is 17.7 Å². The number of aryl methyl sites for hydroxylation is 2. The predicted octanol–water partition coefficient (Wildman–Crippen LogP) is 1.31. The molecule has 9 nitrogen and oxygen atoms in total. The summed E-state index contributed by atoms with van der Waals surface area (Å²) in [7, 11) is 2.79. The van der Waals surface area contributed by atoms with E-state index in [4.69, 9.17) is 0 Å². The molecular formula is C12H15F3N6O3. The molecule has 2 N–H and O–H groups in total. The molecule has 12 heteroatoms. The minimum atomic E-state index is -4.97. The van der Waals surface area contributed by atoms with Crippen molar-refractivity contribution in [1.29, 1.82) is 0 Å². The van der Waals surface area contributed by atoms with Gasteiger partial charge in [0.1, 0.15) is 5.82 Å². The number of nitrogens with one attached hydrogen (secondary N) is 1. The molecule has 0 aliphatic carbocycles. The second kappa shape index (κ2) is 6.11. The van der Waals surface area contributed by atoms with Crippen molar-refractivity contribution >= 4 is 11.6 Å². The molecule has 0 saturated heterocycles. The van der Waals surface area contributed by atoms with E-state index in [0.29, 0.717) is 0 Å². The van der Waals surface area contributed by atoms with Crippen LogP contribution in [0.4, 0.5) is 24.8 Å². The SMILES string of the molecule is Cn1ccnc1[C@@](O)(CCNc1c([N+](=O)[O-])ncn1C)C(F)(F)F. The van der Waals surface area contributed by atoms with Crippen molar-refractivity contribution in [3.8, 4) is 0 Å². The summed E-state index contributed by atoms with van der Waals surface area (Å²) >= 11 is 0. The molecule has 2 rings (SSSR count). The molecule has 0 fully saturated rings. The average Bonchev–Trinajstić information content (AvgIpc) is 3.04. The summed E-state index contributed by atoms with van der Waals surface area (Å²) in [5.74, 6) is -1.12. The van der Waals surface area contributed by atoms with Crippen LogP contribution in [0.25, 0.3) is 0 Å². The third-order valence-corrected chi connectivity index (χ3v) is 3.53. The zero-order valence-corrected chi connectivity index (χ0v) is 12.8. The maximum Gasteiger partial charge on any atom is 0.424 e. The standard InChI is InChI=1S/C12H15F3N6O3/c1-19-6-5-17-10(19)11(22,12(13,14)15)3-4-16-8-9(21(23)24)18-7-20(8)2/h5-7,16,22H,3-4H2,1-2H3/t11-/m0/s1. The summed E-state index contributed by atoms with van der Waals surface area (Å²) in [6, 6.07) is 0. The molecule has 0 aromatic carbocycles. The van der Waals surface area contributed by atoms with E-state index >= 15 is 0 Å². The summed E-state index contributed by atoms with van der Waals surface area (Å²) in [6.07, 6.45) is -2.16. The first kappa shape index (κ1) is 17.7. The van der Waals surface area contributed by atoms with E-state index < -0.39 is 34.8 Å². The Morgan fingerprint density at radius 2 is 2.00 bits per heavy atom. The number of alkyl halides is 3. The minimum absolute atomic E-state index is 0.0515. The second-order valence-electron chi connectivity index (χ2n) is 5.18. The number of aliphatic hydroxyl groups is 1. The molecule has 0 bridgehead atoms. The van der Waals surface area contributed by atoms with Crippen molar-refractivity contribution in [2.45, 2.75) is 18.2 Å². The van der Waals surface area contributed by atoms with Gasteiger partial charge >= 0.3 is 12.0 Å². The molecule has 0 unspecified atom stereocenters. The van der Waals surface area contributed by atoms with Gasteiger partial charge in [-0.15, -0.1) is 0 Å². The molecule has 2 aromatic rings. The zero-order valence-electron chi connectivity index (χ0n) is 12.8. The Hall–Kier alpha value is -2.63. The third-order valence-electron chi connectivity index (χ3n) is 3.53. The molecule has 132 valence electrons. The monoisotopic (exact) mass is 348 g/mol. The number of hydrogen-bond acceptors (Lipinski definition) is 6. The molecule has 0 saturated carbocycles. The van der Waals surface area contributed by atoms with Crippen LogP contribution in [0.15, 0.2) is 18.7 Å². The van der Waals surface area contributed by atoms with Gasteiger partial charge in [0, 0.05) is 39.5 Å². The zero-order chi connectivity index (χ0) is 18.1. The van der Waals surface area contributed by atoms with Crippen molar-refractivity contribution in [3.63, 3.8) is 0 Å². The summed E-state index contributed by atoms with van der Waals surface area (Å²) in [5, 5.41) is 23.5. The molecule has 1 atom stereocenters. The number of rotatable bonds is 6. The van der Waals surface area contributed by atoms with Crippen molar-refractivity contribution in [2.75, 3.05) is 11.9 Å². The van der Waals surface area contributed by atoms with Gasteiger partial charge in [-0.25, -0.2) is 4.98 Å². The lowest BCUT2D eigenvalue weighted by Crippen LogP contribution is -2.45. The highest BCUT2D eigenvalue weighted by Crippen LogP contribution is 2.40. The van der Waals surface area contributed by atoms with E-state index in [1.807, 2.05) is 0 Å². The van der Waals surface area contributed by atoms with Crippen LogP contribution in [0.5, 0.6) is 0 Å². The maximum absolute atomic E-state index is 13.3.